The number of fused-ring (bicyclic) bond motifs is 2. The Balaban J connectivity index is 1.55. The number of carbonyl (C=O) groups is 2. The lowest BCUT2D eigenvalue weighted by Crippen LogP contribution is -2.51. The Labute approximate surface area is 216 Å². The average molecular weight is 528 g/mol. The minimum Gasteiger partial charge on any atom is -0.501 e. The number of nitrogens with one attached hydrogen (secondary N) is 1. The molecule has 2 N–H and O–H groups in total. The van der Waals surface area contributed by atoms with E-state index in [0.29, 0.717) is 16.9 Å². The second-order valence-corrected chi connectivity index (χ2v) is 10.2. The van der Waals surface area contributed by atoms with Crippen LogP contribution in [0.1, 0.15) is 69.4 Å². The molecule has 0 saturated heterocycles. The van der Waals surface area contributed by atoms with E-state index in [9.17, 15) is 23.9 Å². The fourth-order valence-corrected chi connectivity index (χ4v) is 5.38. The Bertz CT molecular complexity index is 1510. The highest BCUT2D eigenvalue weighted by atomic mass is 19.1. The molecule has 3 aromatic rings. The zero-order valence-corrected chi connectivity index (χ0v) is 21.2. The van der Waals surface area contributed by atoms with Crippen molar-refractivity contribution in [2.45, 2.75) is 63.8 Å². The van der Waals surface area contributed by atoms with Crippen LogP contribution < -0.4 is 10.9 Å². The van der Waals surface area contributed by atoms with Crippen molar-refractivity contribution in [3.8, 4) is 5.75 Å². The lowest BCUT2D eigenvalue weighted by atomic mass is 9.75. The van der Waals surface area contributed by atoms with Crippen molar-refractivity contribution >= 4 is 11.8 Å². The first kappa shape index (κ1) is 25.6. The average Bonchev–Trinajstić information content (AvgIpc) is 3.23. The maximum absolute atomic E-state index is 15.7. The number of aryl methyl sites for hydroxylation is 2. The summed E-state index contributed by atoms with van der Waals surface area (Å²) in [5.41, 5.74) is -3.42. The number of halogens is 2. The Morgan fingerprint density at radius 1 is 1.21 bits per heavy atom. The molecule has 0 radical (unpaired) electrons. The van der Waals surface area contributed by atoms with E-state index in [0.717, 1.165) is 4.57 Å². The molecule has 0 spiro atoms. The van der Waals surface area contributed by atoms with Crippen LogP contribution in [0.3, 0.4) is 0 Å². The van der Waals surface area contributed by atoms with E-state index in [-0.39, 0.29) is 56.1 Å². The number of hydrogen-bond acceptors (Lipinski definition) is 7. The van der Waals surface area contributed by atoms with Crippen molar-refractivity contribution < 1.29 is 28.0 Å². The first-order valence-electron chi connectivity index (χ1n) is 12.2. The maximum atomic E-state index is 15.7. The number of benzene rings is 1. The van der Waals surface area contributed by atoms with Crippen LogP contribution in [0.15, 0.2) is 33.6 Å². The summed E-state index contributed by atoms with van der Waals surface area (Å²) < 4.78 is 35.3. The SMILES string of the molecule is Cc1cc(C(=O)N(C)C23CCC(F)(CC2)Cn2c3nc(C(=O)NCc3ccc(F)c(C)c3)c(O)c2=O)no1. The number of hydrogen-bond donors (Lipinski definition) is 2. The van der Waals surface area contributed by atoms with Gasteiger partial charge in [-0.3, -0.25) is 19.0 Å². The van der Waals surface area contributed by atoms with Gasteiger partial charge >= 0.3 is 0 Å². The van der Waals surface area contributed by atoms with Crippen LogP contribution in [-0.2, 0) is 18.6 Å². The molecule has 2 amide bonds. The standard InChI is InChI=1S/C26H27F2N5O5/c1-14-10-16(4-5-17(14)27)12-29-21(35)19-20(34)23(37)33-13-25(28)6-8-26(9-7-25,24(33)30-19)32(3)22(36)18-11-15(2)38-31-18/h4-5,10-11,34H,6-9,12-13H2,1-3H3,(H,29,35). The molecular weight excluding hydrogens is 500 g/mol. The minimum atomic E-state index is -1.73. The number of amides is 2. The van der Waals surface area contributed by atoms with E-state index < -0.39 is 40.0 Å². The number of alkyl halides is 1. The molecule has 1 saturated carbocycles. The topological polar surface area (TPSA) is 131 Å². The lowest BCUT2D eigenvalue weighted by molar-refractivity contribution is 0.00909. The van der Waals surface area contributed by atoms with Crippen LogP contribution in [0.5, 0.6) is 5.75 Å². The van der Waals surface area contributed by atoms with Gasteiger partial charge in [-0.2, -0.15) is 0 Å². The molecule has 2 bridgehead atoms. The van der Waals surface area contributed by atoms with Gasteiger partial charge in [-0.1, -0.05) is 17.3 Å². The van der Waals surface area contributed by atoms with Gasteiger partial charge in [-0.05, 0) is 56.7 Å². The highest BCUT2D eigenvalue weighted by Gasteiger charge is 2.54. The quantitative estimate of drug-likeness (QED) is 0.522. The van der Waals surface area contributed by atoms with Crippen molar-refractivity contribution in [2.24, 2.45) is 0 Å². The summed E-state index contributed by atoms with van der Waals surface area (Å²) in [6, 6.07) is 5.82. The summed E-state index contributed by atoms with van der Waals surface area (Å²) >= 11 is 0. The lowest BCUT2D eigenvalue weighted by Gasteiger charge is -2.44. The second-order valence-electron chi connectivity index (χ2n) is 10.2. The molecule has 2 aliphatic heterocycles. The molecule has 10 nitrogen and oxygen atoms in total. The van der Waals surface area contributed by atoms with Crippen molar-refractivity contribution in [2.75, 3.05) is 7.05 Å². The van der Waals surface area contributed by atoms with Gasteiger partial charge < -0.3 is 19.8 Å². The number of carbonyl (C=O) groups excluding carboxylic acids is 2. The maximum Gasteiger partial charge on any atom is 0.296 e. The third-order valence-electron chi connectivity index (χ3n) is 7.66. The summed E-state index contributed by atoms with van der Waals surface area (Å²) in [4.78, 5) is 45.5. The van der Waals surface area contributed by atoms with Gasteiger partial charge in [0.25, 0.3) is 17.4 Å². The molecule has 6 rings (SSSR count). The van der Waals surface area contributed by atoms with Gasteiger partial charge in [0.05, 0.1) is 6.54 Å². The predicted molar refractivity (Wildman–Crippen MR) is 130 cm³/mol. The van der Waals surface area contributed by atoms with Crippen molar-refractivity contribution in [3.05, 3.63) is 74.5 Å². The van der Waals surface area contributed by atoms with Crippen molar-refractivity contribution in [1.82, 2.24) is 24.9 Å². The molecule has 0 atom stereocenters. The molecule has 200 valence electrons. The van der Waals surface area contributed by atoms with Gasteiger partial charge in [-0.15, -0.1) is 0 Å². The fourth-order valence-electron chi connectivity index (χ4n) is 5.38. The highest BCUT2D eigenvalue weighted by Crippen LogP contribution is 2.49. The summed E-state index contributed by atoms with van der Waals surface area (Å²) in [5.74, 6) is -2.19. The van der Waals surface area contributed by atoms with E-state index >= 15 is 4.39 Å². The summed E-state index contributed by atoms with van der Waals surface area (Å²) in [5, 5.41) is 17.0. The predicted octanol–water partition coefficient (Wildman–Crippen LogP) is 2.89. The van der Waals surface area contributed by atoms with E-state index in [2.05, 4.69) is 15.5 Å². The highest BCUT2D eigenvalue weighted by molar-refractivity contribution is 5.95. The first-order valence-corrected chi connectivity index (χ1v) is 12.2. The van der Waals surface area contributed by atoms with E-state index in [1.54, 1.807) is 19.9 Å². The Morgan fingerprint density at radius 3 is 2.55 bits per heavy atom. The zero-order chi connectivity index (χ0) is 27.4. The van der Waals surface area contributed by atoms with Gasteiger partial charge in [0.2, 0.25) is 5.75 Å². The number of nitrogens with zero attached hydrogens (tertiary/aromatic N) is 4. The summed E-state index contributed by atoms with van der Waals surface area (Å²) in [6.07, 6.45) is 0.403. The van der Waals surface area contributed by atoms with Crippen LogP contribution >= 0.6 is 0 Å². The molecule has 12 heteroatoms. The Hall–Kier alpha value is -4.09. The van der Waals surface area contributed by atoms with Gasteiger partial charge in [0, 0.05) is 19.7 Å². The molecule has 1 fully saturated rings. The zero-order valence-electron chi connectivity index (χ0n) is 21.2. The van der Waals surface area contributed by atoms with Crippen LogP contribution in [-0.4, -0.2) is 49.2 Å². The fraction of sp³-hybridized carbons (Fsp3) is 0.423. The molecule has 38 heavy (non-hydrogen) atoms. The third-order valence-corrected chi connectivity index (χ3v) is 7.66. The van der Waals surface area contributed by atoms with Gasteiger partial charge in [-0.25, -0.2) is 13.8 Å². The molecule has 3 aliphatic rings. The summed E-state index contributed by atoms with van der Waals surface area (Å²) in [6.45, 7) is 2.86. The van der Waals surface area contributed by atoms with Gasteiger partial charge in [0.15, 0.2) is 11.4 Å². The van der Waals surface area contributed by atoms with Crippen molar-refractivity contribution in [1.29, 1.82) is 0 Å². The normalized spacial score (nSPS) is 22.0. The monoisotopic (exact) mass is 527 g/mol. The van der Waals surface area contributed by atoms with Crippen LogP contribution in [0.4, 0.5) is 8.78 Å². The largest absolute Gasteiger partial charge is 0.501 e. The van der Waals surface area contributed by atoms with Gasteiger partial charge in [0.1, 0.15) is 28.6 Å². The van der Waals surface area contributed by atoms with E-state index in [4.69, 9.17) is 4.52 Å². The smallest absolute Gasteiger partial charge is 0.296 e. The molecule has 2 aromatic heterocycles. The minimum absolute atomic E-state index is 0.0118. The first-order chi connectivity index (χ1) is 17.9. The Kier molecular flexibility index (Phi) is 6.07. The number of rotatable bonds is 5. The molecule has 1 aliphatic carbocycles. The van der Waals surface area contributed by atoms with Crippen LogP contribution in [0.2, 0.25) is 0 Å². The summed E-state index contributed by atoms with van der Waals surface area (Å²) in [7, 11) is 1.52. The van der Waals surface area contributed by atoms with Crippen molar-refractivity contribution in [3.63, 3.8) is 0 Å². The van der Waals surface area contributed by atoms with Crippen LogP contribution in [0, 0.1) is 19.7 Å². The number of aromatic nitrogens is 3. The van der Waals surface area contributed by atoms with E-state index in [1.165, 1.54) is 30.1 Å². The molecule has 1 aromatic carbocycles. The Morgan fingerprint density at radius 2 is 1.92 bits per heavy atom. The van der Waals surface area contributed by atoms with E-state index in [1.807, 2.05) is 0 Å². The molecule has 4 heterocycles. The third kappa shape index (κ3) is 4.13. The molecule has 0 unspecified atom stereocenters. The molecular formula is C26H27F2N5O5. The number of aromatic hydroxyl groups is 1. The van der Waals surface area contributed by atoms with Crippen LogP contribution in [0.25, 0.3) is 0 Å². The second kappa shape index (κ2) is 9.03.